The number of rotatable bonds is 4. The van der Waals surface area contributed by atoms with Gasteiger partial charge in [-0.1, -0.05) is 36.4 Å². The normalized spacial score (nSPS) is 16.8. The number of piperazine rings is 1. The number of benzene rings is 1. The molecule has 3 aliphatic heterocycles. The number of anilines is 1. The van der Waals surface area contributed by atoms with E-state index in [1.165, 1.54) is 0 Å². The van der Waals surface area contributed by atoms with E-state index in [2.05, 4.69) is 39.1 Å². The number of halogens is 1. The summed E-state index contributed by atoms with van der Waals surface area (Å²) in [5.41, 5.74) is 6.03. The van der Waals surface area contributed by atoms with E-state index < -0.39 is 0 Å². The fraction of sp³-hybridized carbons (Fsp3) is 0.280. The number of hydrogen-bond acceptors (Lipinski definition) is 4. The monoisotopic (exact) mass is 416 g/mol. The molecular formula is C25H25FN4O. The number of aliphatic imine (C=N–C) groups is 1. The van der Waals surface area contributed by atoms with Crippen LogP contribution in [0.1, 0.15) is 11.1 Å². The first-order valence-electron chi connectivity index (χ1n) is 10.8. The minimum Gasteiger partial charge on any atom is -0.369 e. The first kappa shape index (κ1) is 19.7. The van der Waals surface area contributed by atoms with E-state index in [0.29, 0.717) is 17.8 Å². The van der Waals surface area contributed by atoms with E-state index in [1.807, 2.05) is 36.4 Å². The molecule has 5 rings (SSSR count). The molecule has 1 aliphatic carbocycles. The maximum absolute atomic E-state index is 12.8. The second-order valence-corrected chi connectivity index (χ2v) is 8.00. The van der Waals surface area contributed by atoms with Gasteiger partial charge in [-0.25, -0.2) is 9.38 Å². The van der Waals surface area contributed by atoms with Crippen molar-refractivity contribution < 1.29 is 4.39 Å². The van der Waals surface area contributed by atoms with Crippen molar-refractivity contribution in [1.82, 2.24) is 9.88 Å². The molecule has 0 saturated carbocycles. The molecule has 0 unspecified atom stereocenters. The van der Waals surface area contributed by atoms with E-state index in [-0.39, 0.29) is 12.2 Å². The van der Waals surface area contributed by atoms with E-state index in [9.17, 15) is 9.18 Å². The Hall–Kier alpha value is -3.25. The Kier molecular flexibility index (Phi) is 5.38. The molecule has 0 radical (unpaired) electrons. The largest absolute Gasteiger partial charge is 0.369 e. The molecule has 0 spiro atoms. The van der Waals surface area contributed by atoms with Gasteiger partial charge in [0.2, 0.25) is 0 Å². The molecule has 6 heteroatoms. The molecule has 1 aromatic rings. The molecule has 5 nitrogen and oxygen atoms in total. The Morgan fingerprint density at radius 1 is 1.03 bits per heavy atom. The van der Waals surface area contributed by atoms with Crippen molar-refractivity contribution in [3.05, 3.63) is 82.2 Å². The average Bonchev–Trinajstić information content (AvgIpc) is 2.95. The lowest BCUT2D eigenvalue weighted by Gasteiger charge is -2.35. The summed E-state index contributed by atoms with van der Waals surface area (Å²) in [5, 5.41) is 0. The van der Waals surface area contributed by atoms with Crippen molar-refractivity contribution in [3.63, 3.8) is 0 Å². The number of H-pyrrole nitrogens is 1. The molecule has 0 bridgehead atoms. The van der Waals surface area contributed by atoms with Crippen molar-refractivity contribution in [2.75, 3.05) is 44.3 Å². The van der Waals surface area contributed by atoms with Crippen LogP contribution in [0.15, 0.2) is 70.5 Å². The molecule has 1 fully saturated rings. The van der Waals surface area contributed by atoms with Crippen LogP contribution in [0.5, 0.6) is 0 Å². The van der Waals surface area contributed by atoms with Crippen molar-refractivity contribution in [2.45, 2.75) is 6.42 Å². The van der Waals surface area contributed by atoms with Gasteiger partial charge in [0.25, 0.3) is 5.56 Å². The van der Waals surface area contributed by atoms with E-state index in [4.69, 9.17) is 4.99 Å². The van der Waals surface area contributed by atoms with Gasteiger partial charge in [-0.2, -0.15) is 0 Å². The molecule has 1 aromatic carbocycles. The smallest absolute Gasteiger partial charge is 0.258 e. The topological polar surface area (TPSA) is 51.7 Å². The van der Waals surface area contributed by atoms with Crippen LogP contribution in [-0.4, -0.2) is 55.0 Å². The predicted molar refractivity (Wildman–Crippen MR) is 124 cm³/mol. The zero-order chi connectivity index (χ0) is 21.2. The highest BCUT2D eigenvalue weighted by atomic mass is 19.1. The van der Waals surface area contributed by atoms with Crippen LogP contribution in [-0.2, 0) is 6.42 Å². The fourth-order valence-electron chi connectivity index (χ4n) is 4.41. The van der Waals surface area contributed by atoms with Crippen molar-refractivity contribution in [1.29, 1.82) is 0 Å². The van der Waals surface area contributed by atoms with Crippen LogP contribution in [0.4, 0.5) is 15.8 Å². The minimum absolute atomic E-state index is 0.117. The van der Waals surface area contributed by atoms with Gasteiger partial charge in [0.05, 0.1) is 17.0 Å². The minimum atomic E-state index is -0.295. The van der Waals surface area contributed by atoms with E-state index in [1.54, 1.807) is 0 Å². The van der Waals surface area contributed by atoms with Gasteiger partial charge in [-0.05, 0) is 36.3 Å². The number of nitrogens with zero attached hydrogens (tertiary/aromatic N) is 3. The van der Waals surface area contributed by atoms with Crippen molar-refractivity contribution in [2.24, 2.45) is 4.99 Å². The summed E-state index contributed by atoms with van der Waals surface area (Å²) in [4.78, 5) is 25.1. The second kappa shape index (κ2) is 8.47. The highest BCUT2D eigenvalue weighted by Crippen LogP contribution is 2.31. The van der Waals surface area contributed by atoms with Crippen LogP contribution >= 0.6 is 0 Å². The summed E-state index contributed by atoms with van der Waals surface area (Å²) in [6, 6.07) is 16.1. The summed E-state index contributed by atoms with van der Waals surface area (Å²) in [6.45, 7) is 3.69. The molecular weight excluding hydrogens is 391 g/mol. The van der Waals surface area contributed by atoms with E-state index >= 15 is 0 Å². The molecule has 1 N–H and O–H groups in total. The summed E-state index contributed by atoms with van der Waals surface area (Å²) >= 11 is 0. The molecule has 0 amide bonds. The zero-order valence-corrected chi connectivity index (χ0v) is 17.4. The third-order valence-electron chi connectivity index (χ3n) is 6.10. The first-order chi connectivity index (χ1) is 15.2. The van der Waals surface area contributed by atoms with Gasteiger partial charge in [-0.3, -0.25) is 9.69 Å². The van der Waals surface area contributed by atoms with E-state index in [0.717, 1.165) is 60.8 Å². The quantitative estimate of drug-likeness (QED) is 0.704. The summed E-state index contributed by atoms with van der Waals surface area (Å²) in [6.07, 6.45) is 4.80. The summed E-state index contributed by atoms with van der Waals surface area (Å²) < 4.78 is 12.6. The van der Waals surface area contributed by atoms with Crippen molar-refractivity contribution in [3.8, 4) is 11.3 Å². The Labute approximate surface area is 180 Å². The lowest BCUT2D eigenvalue weighted by molar-refractivity contribution is 0.235. The molecule has 0 aromatic heterocycles. The highest BCUT2D eigenvalue weighted by molar-refractivity contribution is 6.14. The van der Waals surface area contributed by atoms with Crippen LogP contribution in [0, 0.1) is 0 Å². The highest BCUT2D eigenvalue weighted by Gasteiger charge is 2.21. The predicted octanol–water partition coefficient (Wildman–Crippen LogP) is 3.80. The third-order valence-corrected chi connectivity index (χ3v) is 6.10. The second-order valence-electron chi connectivity index (χ2n) is 8.00. The fourth-order valence-corrected chi connectivity index (χ4v) is 4.41. The van der Waals surface area contributed by atoms with Crippen LogP contribution in [0.25, 0.3) is 11.3 Å². The van der Waals surface area contributed by atoms with Gasteiger partial charge in [0.1, 0.15) is 6.67 Å². The molecule has 1 saturated heterocycles. The lowest BCUT2D eigenvalue weighted by Crippen LogP contribution is -2.47. The molecule has 4 aliphatic rings. The first-order valence-corrected chi connectivity index (χ1v) is 10.8. The number of fused-ring (bicyclic) bond motifs is 2. The van der Waals surface area contributed by atoms with Gasteiger partial charge in [0, 0.05) is 49.7 Å². The average molecular weight is 417 g/mol. The van der Waals surface area contributed by atoms with Crippen molar-refractivity contribution >= 4 is 17.1 Å². The maximum Gasteiger partial charge on any atom is 0.258 e. The van der Waals surface area contributed by atoms with Gasteiger partial charge >= 0.3 is 0 Å². The summed E-state index contributed by atoms with van der Waals surface area (Å²) in [7, 11) is 0. The maximum atomic E-state index is 12.8. The third kappa shape index (κ3) is 3.91. The number of aromatic nitrogens is 1. The van der Waals surface area contributed by atoms with Gasteiger partial charge < -0.3 is 9.88 Å². The lowest BCUT2D eigenvalue weighted by atomic mass is 10.1. The number of nitrogens with one attached hydrogen (secondary N) is 1. The zero-order valence-electron chi connectivity index (χ0n) is 17.4. The standard InChI is InChI=1S/C25H25FN4O/c26-11-12-29-13-15-30(16-14-29)19-10-9-18-5-4-8-22(27-23(18)17-19)24-20-6-2-1-3-7-21(20)28-25(24)31/h1-4,6-10,17H,5,11-16H2,(H,28,31). The Balaban J connectivity index is 1.49. The number of hydrogen-bond donors (Lipinski definition) is 1. The molecule has 0 atom stereocenters. The van der Waals surface area contributed by atoms with Crippen LogP contribution in [0.2, 0.25) is 0 Å². The Morgan fingerprint density at radius 2 is 1.87 bits per heavy atom. The SMILES string of the molecule is O=c1[nH]c2cccccc-2c1C1=Nc2cc(N3CCN(CCF)CC3)ccc2CC=C1. The number of allylic oxidation sites excluding steroid dienone is 2. The van der Waals surface area contributed by atoms with Gasteiger partial charge in [-0.15, -0.1) is 0 Å². The Bertz CT molecular complexity index is 1170. The van der Waals surface area contributed by atoms with Crippen LogP contribution in [0.3, 0.4) is 0 Å². The Morgan fingerprint density at radius 3 is 2.71 bits per heavy atom. The number of aromatic amines is 1. The van der Waals surface area contributed by atoms with Crippen LogP contribution < -0.4 is 10.5 Å². The summed E-state index contributed by atoms with van der Waals surface area (Å²) in [5.74, 6) is 0. The number of alkyl halides is 1. The molecule has 158 valence electrons. The van der Waals surface area contributed by atoms with Gasteiger partial charge in [0.15, 0.2) is 0 Å². The molecule has 31 heavy (non-hydrogen) atoms. The molecule has 3 heterocycles.